The summed E-state index contributed by atoms with van der Waals surface area (Å²) in [5.74, 6) is 0.143. The Balaban J connectivity index is 2.19. The lowest BCUT2D eigenvalue weighted by Crippen LogP contribution is -2.26. The van der Waals surface area contributed by atoms with E-state index in [1.807, 2.05) is 24.3 Å². The third-order valence-electron chi connectivity index (χ3n) is 2.51. The molecular weight excluding hydrogens is 258 g/mol. The van der Waals surface area contributed by atoms with Crippen LogP contribution in [-0.2, 0) is 16.4 Å². The third kappa shape index (κ3) is 6.05. The van der Waals surface area contributed by atoms with Crippen LogP contribution in [-0.4, -0.2) is 20.7 Å². The number of hydrogen-bond donors (Lipinski definition) is 1. The lowest BCUT2D eigenvalue weighted by Gasteiger charge is -2.04. The van der Waals surface area contributed by atoms with Gasteiger partial charge in [0.25, 0.3) is 0 Å². The van der Waals surface area contributed by atoms with E-state index in [9.17, 15) is 8.42 Å². The predicted octanol–water partition coefficient (Wildman–Crippen LogP) is 2.60. The molecule has 96 valence electrons. The molecule has 0 amide bonds. The van der Waals surface area contributed by atoms with Crippen LogP contribution in [0.4, 0.5) is 0 Å². The Morgan fingerprint density at radius 2 is 1.82 bits per heavy atom. The van der Waals surface area contributed by atoms with E-state index in [0.29, 0.717) is 6.54 Å². The molecular formula is C12H18ClNO2S. The lowest BCUT2D eigenvalue weighted by atomic mass is 10.1. The van der Waals surface area contributed by atoms with Crippen LogP contribution in [0.5, 0.6) is 0 Å². The molecule has 0 spiro atoms. The molecule has 0 saturated carbocycles. The summed E-state index contributed by atoms with van der Waals surface area (Å²) in [4.78, 5) is 0. The summed E-state index contributed by atoms with van der Waals surface area (Å²) in [5, 5.41) is 0.740. The highest BCUT2D eigenvalue weighted by atomic mass is 35.5. The molecule has 1 N–H and O–H groups in total. The van der Waals surface area contributed by atoms with Gasteiger partial charge in [0.2, 0.25) is 10.0 Å². The van der Waals surface area contributed by atoms with Crippen LogP contribution in [0.25, 0.3) is 0 Å². The van der Waals surface area contributed by atoms with Crippen LogP contribution >= 0.6 is 11.6 Å². The van der Waals surface area contributed by atoms with Crippen molar-refractivity contribution in [2.45, 2.75) is 26.2 Å². The minimum Gasteiger partial charge on any atom is -0.215 e. The summed E-state index contributed by atoms with van der Waals surface area (Å²) >= 11 is 5.78. The van der Waals surface area contributed by atoms with Gasteiger partial charge in [0.15, 0.2) is 0 Å². The second-order valence-electron chi connectivity index (χ2n) is 3.88. The molecule has 0 bridgehead atoms. The monoisotopic (exact) mass is 275 g/mol. The quantitative estimate of drug-likeness (QED) is 0.778. The number of benzene rings is 1. The van der Waals surface area contributed by atoms with Crippen LogP contribution in [0.2, 0.25) is 5.02 Å². The number of rotatable bonds is 7. The molecule has 5 heteroatoms. The Hall–Kier alpha value is -0.580. The predicted molar refractivity (Wildman–Crippen MR) is 71.9 cm³/mol. The van der Waals surface area contributed by atoms with Crippen LogP contribution in [0.1, 0.15) is 25.3 Å². The SMILES string of the molecule is CCS(=O)(=O)NCCCCc1ccc(Cl)cc1. The molecule has 0 saturated heterocycles. The van der Waals surface area contributed by atoms with Crippen molar-refractivity contribution in [2.75, 3.05) is 12.3 Å². The van der Waals surface area contributed by atoms with E-state index in [1.54, 1.807) is 6.92 Å². The molecule has 0 radical (unpaired) electrons. The Morgan fingerprint density at radius 3 is 2.41 bits per heavy atom. The van der Waals surface area contributed by atoms with E-state index in [2.05, 4.69) is 4.72 Å². The lowest BCUT2D eigenvalue weighted by molar-refractivity contribution is 0.578. The molecule has 1 aromatic rings. The maximum atomic E-state index is 11.1. The molecule has 0 unspecified atom stereocenters. The van der Waals surface area contributed by atoms with Crippen LogP contribution in [0.15, 0.2) is 24.3 Å². The molecule has 0 aromatic heterocycles. The fraction of sp³-hybridized carbons (Fsp3) is 0.500. The standard InChI is InChI=1S/C12H18ClNO2S/c1-2-17(15,16)14-10-4-3-5-11-6-8-12(13)9-7-11/h6-9,14H,2-5,10H2,1H3. The fourth-order valence-corrected chi connectivity index (χ4v) is 2.22. The number of hydrogen-bond acceptors (Lipinski definition) is 2. The van der Waals surface area contributed by atoms with E-state index >= 15 is 0 Å². The minimum absolute atomic E-state index is 0.143. The fourth-order valence-electron chi connectivity index (χ4n) is 1.43. The van der Waals surface area contributed by atoms with Gasteiger partial charge in [0, 0.05) is 11.6 Å². The first-order valence-electron chi connectivity index (χ1n) is 5.75. The summed E-state index contributed by atoms with van der Waals surface area (Å²) in [6.07, 6.45) is 2.76. The highest BCUT2D eigenvalue weighted by Crippen LogP contribution is 2.11. The molecule has 3 nitrogen and oxygen atoms in total. The molecule has 0 heterocycles. The minimum atomic E-state index is -3.04. The van der Waals surface area contributed by atoms with E-state index in [1.165, 1.54) is 5.56 Å². The zero-order valence-electron chi connectivity index (χ0n) is 9.95. The number of aryl methyl sites for hydroxylation is 1. The van der Waals surface area contributed by atoms with Gasteiger partial charge in [-0.2, -0.15) is 0 Å². The zero-order valence-corrected chi connectivity index (χ0v) is 11.5. The van der Waals surface area contributed by atoms with Crippen LogP contribution in [0.3, 0.4) is 0 Å². The average molecular weight is 276 g/mol. The Labute approximate surface area is 108 Å². The summed E-state index contributed by atoms with van der Waals surface area (Å²) < 4.78 is 24.8. The van der Waals surface area contributed by atoms with Crippen molar-refractivity contribution >= 4 is 21.6 Å². The van der Waals surface area contributed by atoms with Crippen molar-refractivity contribution in [1.29, 1.82) is 0 Å². The second kappa shape index (κ2) is 6.99. The molecule has 0 aliphatic heterocycles. The number of halogens is 1. The molecule has 0 atom stereocenters. The van der Waals surface area contributed by atoms with E-state index < -0.39 is 10.0 Å². The number of sulfonamides is 1. The summed E-state index contributed by atoms with van der Waals surface area (Å²) in [5.41, 5.74) is 1.23. The Bertz CT molecular complexity index is 428. The van der Waals surface area contributed by atoms with Crippen molar-refractivity contribution in [3.8, 4) is 0 Å². The van der Waals surface area contributed by atoms with Gasteiger partial charge in [-0.25, -0.2) is 13.1 Å². The number of unbranched alkanes of at least 4 members (excludes halogenated alkanes) is 1. The van der Waals surface area contributed by atoms with Crippen molar-refractivity contribution in [2.24, 2.45) is 0 Å². The average Bonchev–Trinajstić information content (AvgIpc) is 2.31. The first-order valence-corrected chi connectivity index (χ1v) is 7.78. The maximum absolute atomic E-state index is 11.1. The summed E-state index contributed by atoms with van der Waals surface area (Å²) in [6.45, 7) is 2.15. The topological polar surface area (TPSA) is 46.2 Å². The molecule has 1 rings (SSSR count). The highest BCUT2D eigenvalue weighted by molar-refractivity contribution is 7.89. The highest BCUT2D eigenvalue weighted by Gasteiger charge is 2.04. The van der Waals surface area contributed by atoms with Gasteiger partial charge < -0.3 is 0 Å². The van der Waals surface area contributed by atoms with Gasteiger partial charge in [0.1, 0.15) is 0 Å². The van der Waals surface area contributed by atoms with Crippen LogP contribution in [0, 0.1) is 0 Å². The van der Waals surface area contributed by atoms with Crippen molar-refractivity contribution in [1.82, 2.24) is 4.72 Å². The first kappa shape index (κ1) is 14.5. The van der Waals surface area contributed by atoms with Gasteiger partial charge in [-0.3, -0.25) is 0 Å². The Morgan fingerprint density at radius 1 is 1.18 bits per heavy atom. The van der Waals surface area contributed by atoms with Gasteiger partial charge in [-0.05, 0) is 43.9 Å². The normalized spacial score (nSPS) is 11.6. The summed E-state index contributed by atoms with van der Waals surface area (Å²) in [6, 6.07) is 7.74. The van der Waals surface area contributed by atoms with E-state index in [4.69, 9.17) is 11.6 Å². The smallest absolute Gasteiger partial charge is 0.211 e. The third-order valence-corrected chi connectivity index (χ3v) is 4.16. The molecule has 0 fully saturated rings. The Kier molecular flexibility index (Phi) is 5.95. The largest absolute Gasteiger partial charge is 0.215 e. The second-order valence-corrected chi connectivity index (χ2v) is 6.41. The molecule has 0 aliphatic carbocycles. The van der Waals surface area contributed by atoms with Gasteiger partial charge in [-0.15, -0.1) is 0 Å². The summed E-state index contributed by atoms with van der Waals surface area (Å²) in [7, 11) is -3.04. The van der Waals surface area contributed by atoms with Gasteiger partial charge in [-0.1, -0.05) is 23.7 Å². The first-order chi connectivity index (χ1) is 8.03. The molecule has 1 aromatic carbocycles. The maximum Gasteiger partial charge on any atom is 0.211 e. The van der Waals surface area contributed by atoms with E-state index in [0.717, 1.165) is 24.3 Å². The van der Waals surface area contributed by atoms with Crippen molar-refractivity contribution in [3.05, 3.63) is 34.9 Å². The van der Waals surface area contributed by atoms with Crippen LogP contribution < -0.4 is 4.72 Å². The molecule has 17 heavy (non-hydrogen) atoms. The zero-order chi connectivity index (χ0) is 12.7. The van der Waals surface area contributed by atoms with Gasteiger partial charge >= 0.3 is 0 Å². The van der Waals surface area contributed by atoms with Crippen molar-refractivity contribution in [3.63, 3.8) is 0 Å². The molecule has 0 aliphatic rings. The van der Waals surface area contributed by atoms with Gasteiger partial charge in [0.05, 0.1) is 5.75 Å². The van der Waals surface area contributed by atoms with Crippen molar-refractivity contribution < 1.29 is 8.42 Å². The van der Waals surface area contributed by atoms with E-state index in [-0.39, 0.29) is 5.75 Å². The number of nitrogens with one attached hydrogen (secondary N) is 1.